The average molecular weight is 338 g/mol. The van der Waals surface area contributed by atoms with E-state index in [2.05, 4.69) is 19.1 Å². The first-order chi connectivity index (χ1) is 11.5. The maximum Gasteiger partial charge on any atom is 0.303 e. The monoisotopic (exact) mass is 338 g/mol. The van der Waals surface area contributed by atoms with Crippen molar-refractivity contribution in [2.45, 2.75) is 83.7 Å². The van der Waals surface area contributed by atoms with Gasteiger partial charge in [-0.25, -0.2) is 0 Å². The zero-order chi connectivity index (χ0) is 17.8. The Morgan fingerprint density at radius 3 is 2.58 bits per heavy atom. The first-order valence-corrected chi connectivity index (χ1v) is 9.49. The van der Waals surface area contributed by atoms with Gasteiger partial charge in [-0.1, -0.05) is 38.3 Å². The molecule has 0 unspecified atom stereocenters. The van der Waals surface area contributed by atoms with Crippen molar-refractivity contribution in [2.24, 2.45) is 11.8 Å². The van der Waals surface area contributed by atoms with E-state index in [1.54, 1.807) is 6.08 Å². The Kier molecular flexibility index (Phi) is 10.5. The van der Waals surface area contributed by atoms with Crippen LogP contribution >= 0.6 is 0 Å². The SMILES string of the molecule is CCCCCC/C=C/[C@@H]1[C@@H](C/C(O)=C/CCCC(=O)O)CC[C@H]1O. The van der Waals surface area contributed by atoms with Gasteiger partial charge in [0.2, 0.25) is 0 Å². The second kappa shape index (κ2) is 12.1. The molecule has 0 bridgehead atoms. The molecular weight excluding hydrogens is 304 g/mol. The molecule has 0 radical (unpaired) electrons. The van der Waals surface area contributed by atoms with E-state index >= 15 is 0 Å². The molecule has 0 spiro atoms. The van der Waals surface area contributed by atoms with Crippen LogP contribution in [0.1, 0.15) is 77.6 Å². The molecule has 1 aliphatic rings. The zero-order valence-corrected chi connectivity index (χ0v) is 15.0. The van der Waals surface area contributed by atoms with Gasteiger partial charge in [0.1, 0.15) is 0 Å². The Hall–Kier alpha value is -1.29. The molecule has 0 aromatic carbocycles. The second-order valence-corrected chi connectivity index (χ2v) is 6.95. The average Bonchev–Trinajstić information content (AvgIpc) is 2.87. The highest BCUT2D eigenvalue weighted by Gasteiger charge is 2.33. The third-order valence-electron chi connectivity index (χ3n) is 4.85. The summed E-state index contributed by atoms with van der Waals surface area (Å²) in [4.78, 5) is 10.5. The number of carbonyl (C=O) groups is 1. The Morgan fingerprint density at radius 1 is 1.08 bits per heavy atom. The summed E-state index contributed by atoms with van der Waals surface area (Å²) < 4.78 is 0. The van der Waals surface area contributed by atoms with Crippen LogP contribution in [-0.2, 0) is 4.79 Å². The lowest BCUT2D eigenvalue weighted by Gasteiger charge is -2.18. The molecule has 0 aromatic heterocycles. The van der Waals surface area contributed by atoms with Crippen LogP contribution in [0.25, 0.3) is 0 Å². The molecule has 0 heterocycles. The van der Waals surface area contributed by atoms with Crippen molar-refractivity contribution < 1.29 is 20.1 Å². The number of rotatable bonds is 12. The van der Waals surface area contributed by atoms with E-state index in [1.165, 1.54) is 25.7 Å². The van der Waals surface area contributed by atoms with E-state index in [0.29, 0.717) is 25.0 Å². The number of carboxylic acid groups (broad SMARTS) is 1. The number of unbranched alkanes of at least 4 members (excludes halogenated alkanes) is 5. The Labute approximate surface area is 146 Å². The van der Waals surface area contributed by atoms with E-state index in [9.17, 15) is 15.0 Å². The molecule has 0 amide bonds. The van der Waals surface area contributed by atoms with Gasteiger partial charge >= 0.3 is 5.97 Å². The minimum atomic E-state index is -0.800. The minimum absolute atomic E-state index is 0.130. The van der Waals surface area contributed by atoms with Crippen LogP contribution in [0.15, 0.2) is 24.0 Å². The lowest BCUT2D eigenvalue weighted by atomic mass is 9.90. The fourth-order valence-electron chi connectivity index (χ4n) is 3.42. The largest absolute Gasteiger partial charge is 0.513 e. The van der Waals surface area contributed by atoms with E-state index in [-0.39, 0.29) is 24.4 Å². The molecule has 1 saturated carbocycles. The summed E-state index contributed by atoms with van der Waals surface area (Å²) in [6.07, 6.45) is 15.4. The van der Waals surface area contributed by atoms with Crippen LogP contribution in [0, 0.1) is 11.8 Å². The van der Waals surface area contributed by atoms with E-state index in [1.807, 2.05) is 0 Å². The highest BCUT2D eigenvalue weighted by molar-refractivity contribution is 5.66. The third kappa shape index (κ3) is 8.53. The summed E-state index contributed by atoms with van der Waals surface area (Å²) in [5.41, 5.74) is 0. The van der Waals surface area contributed by atoms with E-state index in [0.717, 1.165) is 19.3 Å². The number of aliphatic hydroxyl groups excluding tert-OH is 2. The predicted octanol–water partition coefficient (Wildman–Crippen LogP) is 4.99. The van der Waals surface area contributed by atoms with Crippen molar-refractivity contribution in [1.29, 1.82) is 0 Å². The van der Waals surface area contributed by atoms with Crippen molar-refractivity contribution in [3.8, 4) is 0 Å². The standard InChI is InChI=1S/C20H34O4/c1-2-3-4-5-6-7-11-18-16(13-14-19(18)22)15-17(21)10-8-9-12-20(23)24/h7,10-11,16,18-19,21-22H,2-6,8-9,12-15H2,1H3,(H,23,24)/b11-7+,17-10-/t16-,18-,19-/m1/s1. The van der Waals surface area contributed by atoms with Crippen LogP contribution in [0.4, 0.5) is 0 Å². The van der Waals surface area contributed by atoms with Crippen molar-refractivity contribution >= 4 is 5.97 Å². The molecule has 4 heteroatoms. The number of aliphatic hydroxyl groups is 2. The first-order valence-electron chi connectivity index (χ1n) is 9.49. The molecule has 1 fully saturated rings. The highest BCUT2D eigenvalue weighted by Crippen LogP contribution is 2.37. The molecule has 0 aromatic rings. The Bertz CT molecular complexity index is 414. The second-order valence-electron chi connectivity index (χ2n) is 6.95. The normalized spacial score (nSPS) is 24.8. The molecule has 138 valence electrons. The van der Waals surface area contributed by atoms with Crippen LogP contribution in [-0.4, -0.2) is 27.4 Å². The van der Waals surface area contributed by atoms with Crippen LogP contribution in [0.2, 0.25) is 0 Å². The fourth-order valence-corrected chi connectivity index (χ4v) is 3.42. The Morgan fingerprint density at radius 2 is 1.88 bits per heavy atom. The summed E-state index contributed by atoms with van der Waals surface area (Å²) in [5.74, 6) is -0.0554. The predicted molar refractivity (Wildman–Crippen MR) is 96.9 cm³/mol. The topological polar surface area (TPSA) is 77.8 Å². The smallest absolute Gasteiger partial charge is 0.303 e. The summed E-state index contributed by atoms with van der Waals surface area (Å²) in [5, 5.41) is 28.8. The van der Waals surface area contributed by atoms with Gasteiger partial charge in [-0.2, -0.15) is 0 Å². The summed E-state index contributed by atoms with van der Waals surface area (Å²) in [7, 11) is 0. The number of hydrogen-bond acceptors (Lipinski definition) is 3. The van der Waals surface area contributed by atoms with E-state index in [4.69, 9.17) is 5.11 Å². The molecular formula is C20H34O4. The quantitative estimate of drug-likeness (QED) is 0.266. The lowest BCUT2D eigenvalue weighted by Crippen LogP contribution is -2.17. The number of carboxylic acids is 1. The van der Waals surface area contributed by atoms with E-state index < -0.39 is 5.97 Å². The van der Waals surface area contributed by atoms with Crippen molar-refractivity contribution in [1.82, 2.24) is 0 Å². The van der Waals surface area contributed by atoms with Gasteiger partial charge in [0.25, 0.3) is 0 Å². The third-order valence-corrected chi connectivity index (χ3v) is 4.85. The molecule has 1 aliphatic carbocycles. The highest BCUT2D eigenvalue weighted by atomic mass is 16.4. The zero-order valence-electron chi connectivity index (χ0n) is 15.0. The number of hydrogen-bond donors (Lipinski definition) is 3. The van der Waals surface area contributed by atoms with Gasteiger partial charge in [-0.05, 0) is 50.5 Å². The number of aliphatic carboxylic acids is 1. The maximum atomic E-state index is 10.5. The molecule has 3 N–H and O–H groups in total. The van der Waals surface area contributed by atoms with Gasteiger partial charge in [-0.15, -0.1) is 0 Å². The molecule has 1 rings (SSSR count). The maximum absolute atomic E-state index is 10.5. The van der Waals surface area contributed by atoms with Gasteiger partial charge < -0.3 is 15.3 Å². The molecule has 3 atom stereocenters. The lowest BCUT2D eigenvalue weighted by molar-refractivity contribution is -0.137. The van der Waals surface area contributed by atoms with Crippen molar-refractivity contribution in [2.75, 3.05) is 0 Å². The van der Waals surface area contributed by atoms with Gasteiger partial charge in [0, 0.05) is 18.8 Å². The minimum Gasteiger partial charge on any atom is -0.513 e. The van der Waals surface area contributed by atoms with Crippen molar-refractivity contribution in [3.05, 3.63) is 24.0 Å². The first kappa shape index (κ1) is 20.8. The van der Waals surface area contributed by atoms with Gasteiger partial charge in [0.15, 0.2) is 0 Å². The number of allylic oxidation sites excluding steroid dienone is 3. The molecule has 0 saturated heterocycles. The summed E-state index contributed by atoms with van der Waals surface area (Å²) in [6.45, 7) is 2.21. The molecule has 4 nitrogen and oxygen atoms in total. The summed E-state index contributed by atoms with van der Waals surface area (Å²) >= 11 is 0. The molecule has 24 heavy (non-hydrogen) atoms. The Balaban J connectivity index is 2.37. The summed E-state index contributed by atoms with van der Waals surface area (Å²) in [6, 6.07) is 0. The fraction of sp³-hybridized carbons (Fsp3) is 0.750. The van der Waals surface area contributed by atoms with Gasteiger partial charge in [-0.3, -0.25) is 4.79 Å². The van der Waals surface area contributed by atoms with Crippen LogP contribution in [0.3, 0.4) is 0 Å². The molecule has 0 aliphatic heterocycles. The van der Waals surface area contributed by atoms with Crippen molar-refractivity contribution in [3.63, 3.8) is 0 Å². The van der Waals surface area contributed by atoms with Crippen LogP contribution in [0.5, 0.6) is 0 Å². The van der Waals surface area contributed by atoms with Crippen LogP contribution < -0.4 is 0 Å². The van der Waals surface area contributed by atoms with Gasteiger partial charge in [0.05, 0.1) is 11.9 Å².